The summed E-state index contributed by atoms with van der Waals surface area (Å²) in [6.07, 6.45) is 3.75. The highest BCUT2D eigenvalue weighted by Crippen LogP contribution is 2.25. The lowest BCUT2D eigenvalue weighted by Crippen LogP contribution is -2.32. The Balaban J connectivity index is 1.91. The Kier molecular flexibility index (Phi) is 3.12. The molecule has 1 saturated carbocycles. The first-order valence-electron chi connectivity index (χ1n) is 5.57. The second kappa shape index (κ2) is 4.55. The number of nitrogens with zero attached hydrogens (tertiary/aromatic N) is 2. The van der Waals surface area contributed by atoms with Gasteiger partial charge in [0.2, 0.25) is 5.88 Å². The molecule has 1 heterocycles. The summed E-state index contributed by atoms with van der Waals surface area (Å²) in [5.74, 6) is 1.13. The van der Waals surface area contributed by atoms with E-state index in [1.165, 1.54) is 19.3 Å². The van der Waals surface area contributed by atoms with Gasteiger partial charge in [-0.25, -0.2) is 4.68 Å². The summed E-state index contributed by atoms with van der Waals surface area (Å²) in [5.41, 5.74) is 0.415. The number of amides is 1. The third-order valence-corrected chi connectivity index (χ3v) is 3.05. The van der Waals surface area contributed by atoms with Crippen LogP contribution in [-0.2, 0) is 7.05 Å². The Bertz CT molecular complexity index is 383. The first-order chi connectivity index (χ1) is 7.70. The first kappa shape index (κ1) is 11.0. The number of aryl methyl sites for hydroxylation is 1. The summed E-state index contributed by atoms with van der Waals surface area (Å²) in [6.45, 7) is 0.762. The normalized spacial score (nSPS) is 15.6. The van der Waals surface area contributed by atoms with E-state index >= 15 is 0 Å². The van der Waals surface area contributed by atoms with E-state index in [0.717, 1.165) is 6.54 Å². The van der Waals surface area contributed by atoms with Crippen LogP contribution in [-0.4, -0.2) is 29.3 Å². The molecule has 0 bridgehead atoms. The summed E-state index contributed by atoms with van der Waals surface area (Å²) in [6, 6.07) is 1.65. The SMILES string of the molecule is COc1cc(C(=O)NCC2CCC2)nn1C. The van der Waals surface area contributed by atoms with Gasteiger partial charge >= 0.3 is 0 Å². The molecule has 88 valence electrons. The molecule has 1 amide bonds. The fourth-order valence-corrected chi connectivity index (χ4v) is 1.78. The first-order valence-corrected chi connectivity index (χ1v) is 5.57. The van der Waals surface area contributed by atoms with Gasteiger partial charge in [-0.05, 0) is 18.8 Å². The summed E-state index contributed by atoms with van der Waals surface area (Å²) >= 11 is 0. The standard InChI is InChI=1S/C11H17N3O2/c1-14-10(16-2)6-9(13-14)11(15)12-7-8-4-3-5-8/h6,8H,3-5,7H2,1-2H3,(H,12,15). The zero-order valence-corrected chi connectivity index (χ0v) is 9.69. The predicted molar refractivity (Wildman–Crippen MR) is 59.4 cm³/mol. The highest BCUT2D eigenvalue weighted by atomic mass is 16.5. The van der Waals surface area contributed by atoms with Gasteiger partial charge in [-0.2, -0.15) is 5.10 Å². The van der Waals surface area contributed by atoms with Crippen molar-refractivity contribution in [2.24, 2.45) is 13.0 Å². The van der Waals surface area contributed by atoms with Crippen molar-refractivity contribution in [2.45, 2.75) is 19.3 Å². The van der Waals surface area contributed by atoms with Crippen LogP contribution in [0.3, 0.4) is 0 Å². The van der Waals surface area contributed by atoms with Crippen LogP contribution in [0, 0.1) is 5.92 Å². The summed E-state index contributed by atoms with van der Waals surface area (Å²) < 4.78 is 6.61. The van der Waals surface area contributed by atoms with Crippen molar-refractivity contribution in [3.8, 4) is 5.88 Å². The average Bonchev–Trinajstić information content (AvgIpc) is 2.57. The Labute approximate surface area is 94.8 Å². The largest absolute Gasteiger partial charge is 0.481 e. The molecular weight excluding hydrogens is 206 g/mol. The van der Waals surface area contributed by atoms with Crippen molar-refractivity contribution in [3.05, 3.63) is 11.8 Å². The summed E-state index contributed by atoms with van der Waals surface area (Å²) in [7, 11) is 3.31. The molecule has 0 radical (unpaired) electrons. The predicted octanol–water partition coefficient (Wildman–Crippen LogP) is 0.959. The van der Waals surface area contributed by atoms with Crippen LogP contribution in [0.1, 0.15) is 29.8 Å². The topological polar surface area (TPSA) is 56.1 Å². The molecule has 0 saturated heterocycles. The number of aromatic nitrogens is 2. The van der Waals surface area contributed by atoms with Crippen LogP contribution in [0.5, 0.6) is 5.88 Å². The van der Waals surface area contributed by atoms with Crippen molar-refractivity contribution in [1.29, 1.82) is 0 Å². The van der Waals surface area contributed by atoms with E-state index in [4.69, 9.17) is 4.74 Å². The molecule has 0 unspecified atom stereocenters. The molecule has 1 aromatic rings. The van der Waals surface area contributed by atoms with Gasteiger partial charge in [0.1, 0.15) is 0 Å². The lowest BCUT2D eigenvalue weighted by atomic mass is 9.85. The third-order valence-electron chi connectivity index (χ3n) is 3.05. The highest BCUT2D eigenvalue weighted by molar-refractivity contribution is 5.92. The Morgan fingerprint density at radius 1 is 1.69 bits per heavy atom. The van der Waals surface area contributed by atoms with Crippen molar-refractivity contribution >= 4 is 5.91 Å². The maximum Gasteiger partial charge on any atom is 0.271 e. The summed E-state index contributed by atoms with van der Waals surface area (Å²) in [4.78, 5) is 11.7. The van der Waals surface area contributed by atoms with Gasteiger partial charge in [0.05, 0.1) is 7.11 Å². The number of ether oxygens (including phenoxy) is 1. The smallest absolute Gasteiger partial charge is 0.271 e. The number of hydrogen-bond donors (Lipinski definition) is 1. The minimum atomic E-state index is -0.120. The molecule has 5 nitrogen and oxygen atoms in total. The Morgan fingerprint density at radius 3 is 2.94 bits per heavy atom. The second-order valence-corrected chi connectivity index (χ2v) is 4.20. The van der Waals surface area contributed by atoms with Gasteiger partial charge in [-0.15, -0.1) is 0 Å². The van der Waals surface area contributed by atoms with Gasteiger partial charge in [0, 0.05) is 19.7 Å². The minimum absolute atomic E-state index is 0.120. The molecule has 1 N–H and O–H groups in total. The quantitative estimate of drug-likeness (QED) is 0.827. The van der Waals surface area contributed by atoms with E-state index in [1.807, 2.05) is 0 Å². The van der Waals surface area contributed by atoms with Crippen molar-refractivity contribution < 1.29 is 9.53 Å². The maximum atomic E-state index is 11.7. The molecule has 1 aliphatic rings. The number of rotatable bonds is 4. The van der Waals surface area contributed by atoms with Gasteiger partial charge in [0.15, 0.2) is 5.69 Å². The molecule has 16 heavy (non-hydrogen) atoms. The van der Waals surface area contributed by atoms with E-state index in [1.54, 1.807) is 24.9 Å². The lowest BCUT2D eigenvalue weighted by Gasteiger charge is -2.25. The van der Waals surface area contributed by atoms with Crippen LogP contribution in [0.25, 0.3) is 0 Å². The molecule has 5 heteroatoms. The van der Waals surface area contributed by atoms with Gasteiger partial charge in [-0.3, -0.25) is 4.79 Å². The van der Waals surface area contributed by atoms with E-state index in [0.29, 0.717) is 17.5 Å². The van der Waals surface area contributed by atoms with Crippen LogP contribution < -0.4 is 10.1 Å². The maximum absolute atomic E-state index is 11.7. The summed E-state index contributed by atoms with van der Waals surface area (Å²) in [5, 5.41) is 6.98. The zero-order chi connectivity index (χ0) is 11.5. The molecule has 1 aromatic heterocycles. The molecule has 0 spiro atoms. The van der Waals surface area contributed by atoms with E-state index in [2.05, 4.69) is 10.4 Å². The fraction of sp³-hybridized carbons (Fsp3) is 0.636. The fourth-order valence-electron chi connectivity index (χ4n) is 1.78. The van der Waals surface area contributed by atoms with E-state index in [9.17, 15) is 4.79 Å². The average molecular weight is 223 g/mol. The number of carbonyl (C=O) groups is 1. The van der Waals surface area contributed by atoms with Crippen LogP contribution >= 0.6 is 0 Å². The molecule has 0 aliphatic heterocycles. The molecule has 1 aliphatic carbocycles. The molecule has 2 rings (SSSR count). The van der Waals surface area contributed by atoms with Gasteiger partial charge < -0.3 is 10.1 Å². The minimum Gasteiger partial charge on any atom is -0.481 e. The highest BCUT2D eigenvalue weighted by Gasteiger charge is 2.19. The second-order valence-electron chi connectivity index (χ2n) is 4.20. The Hall–Kier alpha value is -1.52. The molecule has 1 fully saturated rings. The zero-order valence-electron chi connectivity index (χ0n) is 9.69. The Morgan fingerprint density at radius 2 is 2.44 bits per heavy atom. The third kappa shape index (κ3) is 2.18. The number of hydrogen-bond acceptors (Lipinski definition) is 3. The van der Waals surface area contributed by atoms with Gasteiger partial charge in [0.25, 0.3) is 5.91 Å². The van der Waals surface area contributed by atoms with Gasteiger partial charge in [-0.1, -0.05) is 6.42 Å². The molecule has 0 aromatic carbocycles. The van der Waals surface area contributed by atoms with Crippen LogP contribution in [0.15, 0.2) is 6.07 Å². The number of carbonyl (C=O) groups excluding carboxylic acids is 1. The van der Waals surface area contributed by atoms with Crippen LogP contribution in [0.4, 0.5) is 0 Å². The molecular formula is C11H17N3O2. The van der Waals surface area contributed by atoms with Crippen molar-refractivity contribution in [3.63, 3.8) is 0 Å². The molecule has 0 atom stereocenters. The van der Waals surface area contributed by atoms with E-state index < -0.39 is 0 Å². The van der Waals surface area contributed by atoms with Crippen LogP contribution in [0.2, 0.25) is 0 Å². The number of methoxy groups -OCH3 is 1. The lowest BCUT2D eigenvalue weighted by molar-refractivity contribution is 0.0933. The number of nitrogens with one attached hydrogen (secondary N) is 1. The monoisotopic (exact) mass is 223 g/mol. The van der Waals surface area contributed by atoms with E-state index in [-0.39, 0.29) is 5.91 Å². The van der Waals surface area contributed by atoms with Crippen molar-refractivity contribution in [1.82, 2.24) is 15.1 Å². The van der Waals surface area contributed by atoms with Crippen molar-refractivity contribution in [2.75, 3.05) is 13.7 Å².